The molecule has 3 rings (SSSR count). The Labute approximate surface area is 108 Å². The summed E-state index contributed by atoms with van der Waals surface area (Å²) in [5, 5.41) is 0. The normalized spacial score (nSPS) is 11.0. The van der Waals surface area contributed by atoms with Gasteiger partial charge >= 0.3 is 0 Å². The van der Waals surface area contributed by atoms with Crippen molar-refractivity contribution in [2.75, 3.05) is 5.73 Å². The maximum absolute atomic E-state index is 11.7. The van der Waals surface area contributed by atoms with Crippen LogP contribution in [-0.2, 0) is 6.54 Å². The molecule has 0 saturated heterocycles. The predicted octanol–water partition coefficient (Wildman–Crippen LogP) is 1.06. The highest BCUT2D eigenvalue weighted by molar-refractivity contribution is 5.70. The third kappa shape index (κ3) is 2.08. The molecule has 96 valence electrons. The third-order valence-electron chi connectivity index (χ3n) is 2.97. The first kappa shape index (κ1) is 11.5. The number of anilines is 1. The molecule has 0 bridgehead atoms. The lowest BCUT2D eigenvalue weighted by atomic mass is 10.1. The summed E-state index contributed by atoms with van der Waals surface area (Å²) in [6.45, 7) is 2.64. The van der Waals surface area contributed by atoms with Crippen molar-refractivity contribution >= 4 is 17.1 Å². The quantitative estimate of drug-likeness (QED) is 0.716. The van der Waals surface area contributed by atoms with Gasteiger partial charge in [-0.3, -0.25) is 9.78 Å². The minimum absolute atomic E-state index is 0.100. The lowest BCUT2D eigenvalue weighted by molar-refractivity contribution is 0.813. The van der Waals surface area contributed by atoms with E-state index in [0.29, 0.717) is 17.7 Å². The number of nitrogen functional groups attached to an aromatic ring is 1. The van der Waals surface area contributed by atoms with Gasteiger partial charge in [-0.15, -0.1) is 0 Å². The van der Waals surface area contributed by atoms with E-state index in [4.69, 9.17) is 5.73 Å². The van der Waals surface area contributed by atoms with Gasteiger partial charge in [0.2, 0.25) is 5.95 Å². The third-order valence-corrected chi connectivity index (χ3v) is 2.97. The van der Waals surface area contributed by atoms with E-state index in [1.54, 1.807) is 6.33 Å². The number of rotatable bonds is 2. The highest BCUT2D eigenvalue weighted by atomic mass is 16.1. The monoisotopic (exact) mass is 255 g/mol. The molecule has 0 unspecified atom stereocenters. The largest absolute Gasteiger partial charge is 0.369 e. The van der Waals surface area contributed by atoms with Gasteiger partial charge in [-0.25, -0.2) is 4.98 Å². The zero-order valence-corrected chi connectivity index (χ0v) is 10.4. The minimum atomic E-state index is -0.315. The van der Waals surface area contributed by atoms with Crippen LogP contribution in [-0.4, -0.2) is 19.5 Å². The van der Waals surface area contributed by atoms with Gasteiger partial charge in [-0.05, 0) is 12.5 Å². The van der Waals surface area contributed by atoms with Crippen molar-refractivity contribution in [3.8, 4) is 0 Å². The van der Waals surface area contributed by atoms with Crippen LogP contribution in [0.1, 0.15) is 11.1 Å². The van der Waals surface area contributed by atoms with Crippen molar-refractivity contribution in [3.63, 3.8) is 0 Å². The van der Waals surface area contributed by atoms with Crippen molar-refractivity contribution in [2.24, 2.45) is 0 Å². The topological polar surface area (TPSA) is 89.6 Å². The molecule has 6 heteroatoms. The molecule has 0 spiro atoms. The fourth-order valence-electron chi connectivity index (χ4n) is 1.98. The van der Waals surface area contributed by atoms with Gasteiger partial charge < -0.3 is 10.3 Å². The molecule has 0 atom stereocenters. The lowest BCUT2D eigenvalue weighted by Crippen LogP contribution is -2.12. The van der Waals surface area contributed by atoms with E-state index in [2.05, 4.69) is 15.0 Å². The first-order chi connectivity index (χ1) is 9.13. The van der Waals surface area contributed by atoms with Crippen molar-refractivity contribution < 1.29 is 0 Å². The maximum atomic E-state index is 11.7. The summed E-state index contributed by atoms with van der Waals surface area (Å²) in [7, 11) is 0. The molecule has 0 amide bonds. The number of nitrogens with two attached hydrogens (primary N) is 1. The highest BCUT2D eigenvalue weighted by Gasteiger charge is 2.09. The number of H-pyrrole nitrogens is 1. The van der Waals surface area contributed by atoms with Crippen LogP contribution < -0.4 is 11.3 Å². The molecule has 1 aromatic carbocycles. The Morgan fingerprint density at radius 3 is 2.79 bits per heavy atom. The van der Waals surface area contributed by atoms with Crippen LogP contribution in [0.2, 0.25) is 0 Å². The van der Waals surface area contributed by atoms with Crippen molar-refractivity contribution in [1.29, 1.82) is 0 Å². The van der Waals surface area contributed by atoms with Crippen LogP contribution in [0.15, 0.2) is 35.4 Å². The van der Waals surface area contributed by atoms with Crippen molar-refractivity contribution in [1.82, 2.24) is 19.5 Å². The van der Waals surface area contributed by atoms with E-state index in [1.165, 1.54) is 5.56 Å². The van der Waals surface area contributed by atoms with Crippen LogP contribution >= 0.6 is 0 Å². The molecule has 0 aliphatic rings. The molecule has 19 heavy (non-hydrogen) atoms. The number of nitrogens with zero attached hydrogens (tertiary/aromatic N) is 3. The molecule has 0 radical (unpaired) electrons. The van der Waals surface area contributed by atoms with Gasteiger partial charge in [0.1, 0.15) is 0 Å². The number of fused-ring (bicyclic) bond motifs is 1. The van der Waals surface area contributed by atoms with Crippen LogP contribution in [0.3, 0.4) is 0 Å². The average molecular weight is 255 g/mol. The molecule has 6 nitrogen and oxygen atoms in total. The van der Waals surface area contributed by atoms with E-state index in [-0.39, 0.29) is 11.5 Å². The van der Waals surface area contributed by atoms with Gasteiger partial charge in [0.25, 0.3) is 5.56 Å². The molecule has 3 N–H and O–H groups in total. The van der Waals surface area contributed by atoms with Crippen molar-refractivity contribution in [2.45, 2.75) is 13.5 Å². The molecule has 2 heterocycles. The van der Waals surface area contributed by atoms with E-state index < -0.39 is 0 Å². The summed E-state index contributed by atoms with van der Waals surface area (Å²) in [5.74, 6) is 0.100. The summed E-state index contributed by atoms with van der Waals surface area (Å²) in [6.07, 6.45) is 1.60. The summed E-state index contributed by atoms with van der Waals surface area (Å²) in [5.41, 5.74) is 8.37. The standard InChI is InChI=1S/C13H13N5O/c1-8-2-4-9(5-3-8)6-18-7-15-10-11(18)16-13(14)17-12(10)19/h2-5,7H,6H2,1H3,(H3,14,16,17,19). The lowest BCUT2D eigenvalue weighted by Gasteiger charge is -2.04. The molecule has 3 aromatic rings. The summed E-state index contributed by atoms with van der Waals surface area (Å²) < 4.78 is 1.81. The predicted molar refractivity (Wildman–Crippen MR) is 72.8 cm³/mol. The van der Waals surface area contributed by atoms with Gasteiger partial charge in [0, 0.05) is 0 Å². The Hall–Kier alpha value is -2.63. The fourth-order valence-corrected chi connectivity index (χ4v) is 1.98. The summed E-state index contributed by atoms with van der Waals surface area (Å²) in [4.78, 5) is 22.3. The number of nitrogens with one attached hydrogen (secondary N) is 1. The second kappa shape index (κ2) is 4.24. The van der Waals surface area contributed by atoms with E-state index >= 15 is 0 Å². The number of aromatic nitrogens is 4. The van der Waals surface area contributed by atoms with Crippen LogP contribution in [0, 0.1) is 6.92 Å². The highest BCUT2D eigenvalue weighted by Crippen LogP contribution is 2.10. The number of aromatic amines is 1. The van der Waals surface area contributed by atoms with Gasteiger partial charge in [-0.2, -0.15) is 4.98 Å². The fraction of sp³-hybridized carbons (Fsp3) is 0.154. The number of benzene rings is 1. The summed E-state index contributed by atoms with van der Waals surface area (Å²) >= 11 is 0. The average Bonchev–Trinajstić information content (AvgIpc) is 2.76. The SMILES string of the molecule is Cc1ccc(Cn2cnc3c(=O)[nH]c(N)nc32)cc1. The molecular weight excluding hydrogens is 242 g/mol. The Balaban J connectivity index is 2.06. The molecule has 2 aromatic heterocycles. The first-order valence-corrected chi connectivity index (χ1v) is 5.89. The van der Waals surface area contributed by atoms with Gasteiger partial charge in [0.15, 0.2) is 11.2 Å². The van der Waals surface area contributed by atoms with Gasteiger partial charge in [-0.1, -0.05) is 29.8 Å². The molecular formula is C13H13N5O. The van der Waals surface area contributed by atoms with E-state index in [9.17, 15) is 4.79 Å². The zero-order chi connectivity index (χ0) is 13.4. The number of hydrogen-bond donors (Lipinski definition) is 2. The van der Waals surface area contributed by atoms with Crippen LogP contribution in [0.4, 0.5) is 5.95 Å². The van der Waals surface area contributed by atoms with Crippen LogP contribution in [0.5, 0.6) is 0 Å². The summed E-state index contributed by atoms with van der Waals surface area (Å²) in [6, 6.07) is 8.17. The Kier molecular flexibility index (Phi) is 2.56. The Morgan fingerprint density at radius 2 is 2.05 bits per heavy atom. The number of imidazole rings is 1. The van der Waals surface area contributed by atoms with Crippen LogP contribution in [0.25, 0.3) is 11.2 Å². The molecule has 0 aliphatic carbocycles. The van der Waals surface area contributed by atoms with E-state index in [1.807, 2.05) is 35.8 Å². The smallest absolute Gasteiger partial charge is 0.280 e. The minimum Gasteiger partial charge on any atom is -0.369 e. The Bertz CT molecular complexity index is 785. The molecule has 0 saturated carbocycles. The molecule has 0 fully saturated rings. The second-order valence-electron chi connectivity index (χ2n) is 4.48. The molecule has 0 aliphatic heterocycles. The van der Waals surface area contributed by atoms with Gasteiger partial charge in [0.05, 0.1) is 12.9 Å². The maximum Gasteiger partial charge on any atom is 0.280 e. The number of hydrogen-bond acceptors (Lipinski definition) is 4. The van der Waals surface area contributed by atoms with Crippen molar-refractivity contribution in [3.05, 3.63) is 52.1 Å². The zero-order valence-electron chi connectivity index (χ0n) is 10.4. The first-order valence-electron chi connectivity index (χ1n) is 5.89. The van der Waals surface area contributed by atoms with E-state index in [0.717, 1.165) is 5.56 Å². The number of aryl methyl sites for hydroxylation is 1. The second-order valence-corrected chi connectivity index (χ2v) is 4.48. The Morgan fingerprint density at radius 1 is 1.32 bits per heavy atom.